The maximum absolute atomic E-state index is 2.42. The van der Waals surface area contributed by atoms with Crippen LogP contribution in [0.15, 0.2) is 35.5 Å². The van der Waals surface area contributed by atoms with Crippen molar-refractivity contribution in [3.05, 3.63) is 35.5 Å². The third-order valence-corrected chi connectivity index (χ3v) is 3.13. The van der Waals surface area contributed by atoms with E-state index in [9.17, 15) is 0 Å². The summed E-state index contributed by atoms with van der Waals surface area (Å²) in [4.78, 5) is 0. The lowest BCUT2D eigenvalue weighted by Crippen LogP contribution is -2.12. The van der Waals surface area contributed by atoms with Crippen LogP contribution in [-0.4, -0.2) is 0 Å². The molecule has 70 valence electrons. The molecule has 0 nitrogen and oxygen atoms in total. The molecule has 0 amide bonds. The predicted molar refractivity (Wildman–Crippen MR) is 57.5 cm³/mol. The molecule has 0 saturated heterocycles. The highest BCUT2D eigenvalue weighted by Crippen LogP contribution is 2.34. The van der Waals surface area contributed by atoms with Crippen molar-refractivity contribution in [2.45, 2.75) is 33.1 Å². The molecule has 0 aromatic carbocycles. The molecule has 1 unspecified atom stereocenters. The molecular weight excluding hydrogens is 156 g/mol. The molecule has 0 radical (unpaired) electrons. The van der Waals surface area contributed by atoms with Gasteiger partial charge in [-0.3, -0.25) is 0 Å². The van der Waals surface area contributed by atoms with Crippen molar-refractivity contribution in [3.63, 3.8) is 0 Å². The lowest BCUT2D eigenvalue weighted by Gasteiger charge is -2.25. The molecule has 2 rings (SSSR count). The van der Waals surface area contributed by atoms with Crippen LogP contribution >= 0.6 is 0 Å². The maximum atomic E-state index is 2.42. The summed E-state index contributed by atoms with van der Waals surface area (Å²) in [7, 11) is 0. The summed E-state index contributed by atoms with van der Waals surface area (Å²) >= 11 is 0. The van der Waals surface area contributed by atoms with Gasteiger partial charge >= 0.3 is 0 Å². The first kappa shape index (κ1) is 8.80. The molecule has 0 aromatic heterocycles. The highest BCUT2D eigenvalue weighted by molar-refractivity contribution is 5.45. The highest BCUT2D eigenvalue weighted by Gasteiger charge is 2.19. The largest absolute Gasteiger partial charge is 0.0804 e. The van der Waals surface area contributed by atoms with Crippen LogP contribution in [0.4, 0.5) is 0 Å². The molecule has 2 aliphatic rings. The van der Waals surface area contributed by atoms with Crippen molar-refractivity contribution in [1.29, 1.82) is 0 Å². The van der Waals surface area contributed by atoms with Crippen molar-refractivity contribution in [2.24, 2.45) is 11.8 Å². The van der Waals surface area contributed by atoms with Crippen molar-refractivity contribution in [1.82, 2.24) is 0 Å². The Labute approximate surface area is 81.0 Å². The second kappa shape index (κ2) is 3.53. The summed E-state index contributed by atoms with van der Waals surface area (Å²) in [5.41, 5.74) is 3.08. The number of allylic oxidation sites excluding steroid dienone is 6. The van der Waals surface area contributed by atoms with Crippen molar-refractivity contribution >= 4 is 0 Å². The van der Waals surface area contributed by atoms with E-state index in [2.05, 4.69) is 38.2 Å². The summed E-state index contributed by atoms with van der Waals surface area (Å²) in [5, 5.41) is 0. The zero-order valence-electron chi connectivity index (χ0n) is 8.59. The van der Waals surface area contributed by atoms with Gasteiger partial charge in [0, 0.05) is 0 Å². The Bertz CT molecular complexity index is 276. The van der Waals surface area contributed by atoms with Crippen LogP contribution in [0.2, 0.25) is 0 Å². The minimum atomic E-state index is 0.765. The standard InChI is InChI=1S/C13H18/c1-10(2)12-8-7-11-5-3-4-6-13(11)9-12/h5-8,10,12H,3-4,9H2,1-2H3. The van der Waals surface area contributed by atoms with Crippen LogP contribution in [-0.2, 0) is 0 Å². The van der Waals surface area contributed by atoms with Crippen LogP contribution in [0.1, 0.15) is 33.1 Å². The molecule has 0 saturated carbocycles. The SMILES string of the molecule is CC(C)C1C=CC2=CCCC=C2C1. The smallest absolute Gasteiger partial charge is 0.0166 e. The Balaban J connectivity index is 2.20. The molecule has 1 atom stereocenters. The summed E-state index contributed by atoms with van der Waals surface area (Å²) in [6.45, 7) is 4.63. The van der Waals surface area contributed by atoms with Gasteiger partial charge in [-0.25, -0.2) is 0 Å². The number of hydrogen-bond acceptors (Lipinski definition) is 0. The second-order valence-electron chi connectivity index (χ2n) is 4.44. The number of rotatable bonds is 1. The highest BCUT2D eigenvalue weighted by atomic mass is 14.2. The van der Waals surface area contributed by atoms with E-state index >= 15 is 0 Å². The monoisotopic (exact) mass is 174 g/mol. The quantitative estimate of drug-likeness (QED) is 0.566. The van der Waals surface area contributed by atoms with Gasteiger partial charge in [-0.2, -0.15) is 0 Å². The summed E-state index contributed by atoms with van der Waals surface area (Å²) < 4.78 is 0. The number of hydrogen-bond donors (Lipinski definition) is 0. The van der Waals surface area contributed by atoms with E-state index in [1.807, 2.05) is 0 Å². The first-order chi connectivity index (χ1) is 6.27. The fraction of sp³-hybridized carbons (Fsp3) is 0.538. The molecule has 0 aromatic rings. The van der Waals surface area contributed by atoms with E-state index in [4.69, 9.17) is 0 Å². The van der Waals surface area contributed by atoms with Gasteiger partial charge in [0.15, 0.2) is 0 Å². The van der Waals surface area contributed by atoms with E-state index < -0.39 is 0 Å². The molecule has 0 heteroatoms. The molecule has 0 heterocycles. The fourth-order valence-corrected chi connectivity index (χ4v) is 2.13. The number of fused-ring (bicyclic) bond motifs is 1. The average Bonchev–Trinajstić information content (AvgIpc) is 2.17. The van der Waals surface area contributed by atoms with Gasteiger partial charge in [-0.1, -0.05) is 38.2 Å². The zero-order valence-corrected chi connectivity index (χ0v) is 8.59. The van der Waals surface area contributed by atoms with Gasteiger partial charge in [-0.05, 0) is 42.2 Å². The Morgan fingerprint density at radius 1 is 1.23 bits per heavy atom. The summed E-state index contributed by atoms with van der Waals surface area (Å²) in [5.74, 6) is 1.54. The van der Waals surface area contributed by atoms with Gasteiger partial charge in [0.2, 0.25) is 0 Å². The van der Waals surface area contributed by atoms with Crippen molar-refractivity contribution < 1.29 is 0 Å². The predicted octanol–water partition coefficient (Wildman–Crippen LogP) is 3.87. The Kier molecular flexibility index (Phi) is 2.39. The first-order valence-electron chi connectivity index (χ1n) is 5.35. The second-order valence-corrected chi connectivity index (χ2v) is 4.44. The molecule has 0 aliphatic heterocycles. The Morgan fingerprint density at radius 3 is 2.77 bits per heavy atom. The fourth-order valence-electron chi connectivity index (χ4n) is 2.13. The van der Waals surface area contributed by atoms with Gasteiger partial charge in [0.25, 0.3) is 0 Å². The minimum Gasteiger partial charge on any atom is -0.0804 e. The van der Waals surface area contributed by atoms with E-state index in [0.29, 0.717) is 0 Å². The minimum absolute atomic E-state index is 0.765. The molecule has 0 N–H and O–H groups in total. The molecule has 0 fully saturated rings. The average molecular weight is 174 g/mol. The molecule has 0 spiro atoms. The Hall–Kier alpha value is -0.780. The van der Waals surface area contributed by atoms with Gasteiger partial charge in [0.05, 0.1) is 0 Å². The van der Waals surface area contributed by atoms with Crippen molar-refractivity contribution in [3.8, 4) is 0 Å². The Morgan fingerprint density at radius 2 is 2.00 bits per heavy atom. The van der Waals surface area contributed by atoms with E-state index in [1.54, 1.807) is 5.57 Å². The zero-order chi connectivity index (χ0) is 9.26. The van der Waals surface area contributed by atoms with Gasteiger partial charge in [-0.15, -0.1) is 0 Å². The van der Waals surface area contributed by atoms with E-state index in [0.717, 1.165) is 11.8 Å². The lowest BCUT2D eigenvalue weighted by molar-refractivity contribution is 0.457. The van der Waals surface area contributed by atoms with Gasteiger partial charge in [0.1, 0.15) is 0 Å². The molecule has 13 heavy (non-hydrogen) atoms. The first-order valence-corrected chi connectivity index (χ1v) is 5.35. The summed E-state index contributed by atoms with van der Waals surface area (Å²) in [6, 6.07) is 0. The van der Waals surface area contributed by atoms with Crippen LogP contribution in [0.25, 0.3) is 0 Å². The molecule has 0 bridgehead atoms. The van der Waals surface area contributed by atoms with Gasteiger partial charge < -0.3 is 0 Å². The van der Waals surface area contributed by atoms with Crippen molar-refractivity contribution in [2.75, 3.05) is 0 Å². The van der Waals surface area contributed by atoms with E-state index in [-0.39, 0.29) is 0 Å². The molecule has 2 aliphatic carbocycles. The van der Waals surface area contributed by atoms with Crippen LogP contribution in [0, 0.1) is 11.8 Å². The third-order valence-electron chi connectivity index (χ3n) is 3.13. The van der Waals surface area contributed by atoms with E-state index in [1.165, 1.54) is 24.8 Å². The lowest BCUT2D eigenvalue weighted by atomic mass is 9.80. The van der Waals surface area contributed by atoms with Crippen LogP contribution in [0.5, 0.6) is 0 Å². The summed E-state index contributed by atoms with van der Waals surface area (Å²) in [6.07, 6.45) is 13.3. The maximum Gasteiger partial charge on any atom is -0.0166 e. The normalized spacial score (nSPS) is 26.8. The molecular formula is C13H18. The topological polar surface area (TPSA) is 0 Å². The van der Waals surface area contributed by atoms with Crippen LogP contribution in [0.3, 0.4) is 0 Å². The third kappa shape index (κ3) is 1.77. The van der Waals surface area contributed by atoms with Crippen LogP contribution < -0.4 is 0 Å².